The fraction of sp³-hybridized carbons (Fsp3) is 0.455. The standard InChI is InChI=1S/C11H13O2S/c1-8-5-4-6-9-10(8)11(2,3)7-14(9,12)13/h4,6H,7H2,1-3H3. The first-order valence-corrected chi connectivity index (χ1v) is 6.24. The van der Waals surface area contributed by atoms with Gasteiger partial charge in [0, 0.05) is 5.41 Å². The van der Waals surface area contributed by atoms with Gasteiger partial charge in [0.05, 0.1) is 10.6 Å². The molecule has 0 aromatic heterocycles. The van der Waals surface area contributed by atoms with Crippen molar-refractivity contribution in [3.8, 4) is 0 Å². The lowest BCUT2D eigenvalue weighted by molar-refractivity contribution is 0.571. The second-order valence-corrected chi connectivity index (χ2v) is 6.44. The number of hydrogen-bond acceptors (Lipinski definition) is 2. The van der Waals surface area contributed by atoms with Gasteiger partial charge in [-0.2, -0.15) is 0 Å². The molecule has 0 saturated carbocycles. The molecule has 0 N–H and O–H groups in total. The molecule has 0 amide bonds. The minimum absolute atomic E-state index is 0.216. The van der Waals surface area contributed by atoms with Crippen LogP contribution in [0.25, 0.3) is 0 Å². The third kappa shape index (κ3) is 1.19. The van der Waals surface area contributed by atoms with Gasteiger partial charge in [-0.1, -0.05) is 19.9 Å². The molecule has 14 heavy (non-hydrogen) atoms. The van der Waals surface area contributed by atoms with E-state index in [1.165, 1.54) is 0 Å². The number of fused-ring (bicyclic) bond motifs is 1. The molecule has 0 aliphatic carbocycles. The van der Waals surface area contributed by atoms with Crippen LogP contribution in [0, 0.1) is 13.0 Å². The maximum absolute atomic E-state index is 11.8. The van der Waals surface area contributed by atoms with Crippen molar-refractivity contribution in [3.63, 3.8) is 0 Å². The lowest BCUT2D eigenvalue weighted by Gasteiger charge is -2.18. The van der Waals surface area contributed by atoms with Gasteiger partial charge in [-0.3, -0.25) is 0 Å². The summed E-state index contributed by atoms with van der Waals surface area (Å²) in [6.45, 7) is 5.86. The van der Waals surface area contributed by atoms with Crippen molar-refractivity contribution >= 4 is 9.84 Å². The van der Waals surface area contributed by atoms with E-state index >= 15 is 0 Å². The lowest BCUT2D eigenvalue weighted by Crippen LogP contribution is -2.19. The van der Waals surface area contributed by atoms with E-state index in [9.17, 15) is 8.42 Å². The van der Waals surface area contributed by atoms with Gasteiger partial charge in [-0.25, -0.2) is 8.42 Å². The summed E-state index contributed by atoms with van der Waals surface area (Å²) in [5, 5.41) is 0. The fourth-order valence-electron chi connectivity index (χ4n) is 2.31. The molecule has 0 fully saturated rings. The first-order chi connectivity index (χ1) is 6.34. The van der Waals surface area contributed by atoms with Crippen molar-refractivity contribution in [1.82, 2.24) is 0 Å². The van der Waals surface area contributed by atoms with Crippen LogP contribution >= 0.6 is 0 Å². The van der Waals surface area contributed by atoms with E-state index in [4.69, 9.17) is 0 Å². The molecule has 1 radical (unpaired) electrons. The third-order valence-electron chi connectivity index (χ3n) is 2.72. The van der Waals surface area contributed by atoms with E-state index in [0.717, 1.165) is 11.1 Å². The van der Waals surface area contributed by atoms with Crippen molar-refractivity contribution in [3.05, 3.63) is 29.3 Å². The normalized spacial score (nSPS) is 21.9. The largest absolute Gasteiger partial charge is 0.224 e. The fourth-order valence-corrected chi connectivity index (χ4v) is 4.57. The van der Waals surface area contributed by atoms with Gasteiger partial charge in [-0.15, -0.1) is 0 Å². The summed E-state index contributed by atoms with van der Waals surface area (Å²) >= 11 is 0. The van der Waals surface area contributed by atoms with Crippen LogP contribution in [-0.4, -0.2) is 14.2 Å². The molecule has 1 heterocycles. The van der Waals surface area contributed by atoms with Crippen molar-refractivity contribution < 1.29 is 8.42 Å². The molecule has 2 nitrogen and oxygen atoms in total. The SMILES string of the molecule is Cc1[c]ccc2c1C(C)(C)CS2(=O)=O. The van der Waals surface area contributed by atoms with E-state index in [0.29, 0.717) is 4.90 Å². The molecule has 1 aliphatic heterocycles. The molecule has 0 spiro atoms. The van der Waals surface area contributed by atoms with Crippen molar-refractivity contribution in [2.75, 3.05) is 5.75 Å². The zero-order valence-electron chi connectivity index (χ0n) is 8.59. The van der Waals surface area contributed by atoms with E-state index < -0.39 is 9.84 Å². The average Bonchev–Trinajstić information content (AvgIpc) is 2.18. The van der Waals surface area contributed by atoms with Crippen molar-refractivity contribution in [1.29, 1.82) is 0 Å². The number of hydrogen-bond donors (Lipinski definition) is 0. The smallest absolute Gasteiger partial charge is 0.179 e. The van der Waals surface area contributed by atoms with Crippen LogP contribution in [0.1, 0.15) is 25.0 Å². The van der Waals surface area contributed by atoms with E-state index in [-0.39, 0.29) is 11.2 Å². The highest BCUT2D eigenvalue weighted by molar-refractivity contribution is 7.91. The van der Waals surface area contributed by atoms with E-state index in [2.05, 4.69) is 6.07 Å². The van der Waals surface area contributed by atoms with Crippen LogP contribution in [0.2, 0.25) is 0 Å². The second kappa shape index (κ2) is 2.60. The van der Waals surface area contributed by atoms with Gasteiger partial charge in [0.1, 0.15) is 0 Å². The average molecular weight is 209 g/mol. The minimum atomic E-state index is -3.06. The number of aryl methyl sites for hydroxylation is 1. The van der Waals surface area contributed by atoms with Crippen LogP contribution < -0.4 is 0 Å². The molecular formula is C11H13O2S. The molecule has 2 rings (SSSR count). The molecule has 1 aromatic carbocycles. The zero-order chi connectivity index (χ0) is 10.6. The summed E-state index contributed by atoms with van der Waals surface area (Å²) in [6.07, 6.45) is 0. The van der Waals surface area contributed by atoms with Gasteiger partial charge in [0.2, 0.25) is 0 Å². The maximum atomic E-state index is 11.8. The molecule has 1 aliphatic rings. The predicted molar refractivity (Wildman–Crippen MR) is 55.1 cm³/mol. The van der Waals surface area contributed by atoms with Gasteiger partial charge in [-0.05, 0) is 30.2 Å². The molecule has 3 heteroatoms. The zero-order valence-corrected chi connectivity index (χ0v) is 9.40. The summed E-state index contributed by atoms with van der Waals surface area (Å²) < 4.78 is 23.6. The first kappa shape index (κ1) is 9.71. The lowest BCUT2D eigenvalue weighted by atomic mass is 9.84. The Morgan fingerprint density at radius 2 is 2.07 bits per heavy atom. The van der Waals surface area contributed by atoms with E-state index in [1.807, 2.05) is 20.8 Å². The van der Waals surface area contributed by atoms with Gasteiger partial charge in [0.25, 0.3) is 0 Å². The number of benzene rings is 1. The highest BCUT2D eigenvalue weighted by atomic mass is 32.2. The molecular weight excluding hydrogens is 196 g/mol. The molecule has 0 unspecified atom stereocenters. The van der Waals surface area contributed by atoms with E-state index in [1.54, 1.807) is 12.1 Å². The molecule has 1 aromatic rings. The Morgan fingerprint density at radius 1 is 1.43 bits per heavy atom. The summed E-state index contributed by atoms with van der Waals surface area (Å²) in [5.74, 6) is 0.216. The van der Waals surface area contributed by atoms with Crippen LogP contribution in [0.5, 0.6) is 0 Å². The van der Waals surface area contributed by atoms with Crippen LogP contribution in [0.3, 0.4) is 0 Å². The summed E-state index contributed by atoms with van der Waals surface area (Å²) in [6, 6.07) is 6.41. The predicted octanol–water partition coefficient (Wildman–Crippen LogP) is 1.86. The highest BCUT2D eigenvalue weighted by Crippen LogP contribution is 2.40. The van der Waals surface area contributed by atoms with Crippen molar-refractivity contribution in [2.24, 2.45) is 0 Å². The van der Waals surface area contributed by atoms with Gasteiger partial charge < -0.3 is 0 Å². The van der Waals surface area contributed by atoms with Crippen LogP contribution in [0.15, 0.2) is 17.0 Å². The first-order valence-electron chi connectivity index (χ1n) is 4.59. The Morgan fingerprint density at radius 3 is 2.64 bits per heavy atom. The minimum Gasteiger partial charge on any atom is -0.224 e. The molecule has 0 atom stereocenters. The topological polar surface area (TPSA) is 34.1 Å². The van der Waals surface area contributed by atoms with Crippen LogP contribution in [-0.2, 0) is 15.3 Å². The summed E-state index contributed by atoms with van der Waals surface area (Å²) in [4.78, 5) is 0.499. The highest BCUT2D eigenvalue weighted by Gasteiger charge is 2.41. The molecule has 75 valence electrons. The second-order valence-electron chi connectivity index (χ2n) is 4.48. The third-order valence-corrected chi connectivity index (χ3v) is 4.83. The Balaban J connectivity index is 2.86. The Kier molecular flexibility index (Phi) is 1.80. The van der Waals surface area contributed by atoms with Crippen LogP contribution in [0.4, 0.5) is 0 Å². The molecule has 0 saturated heterocycles. The monoisotopic (exact) mass is 209 g/mol. The molecule has 0 bridgehead atoms. The Labute approximate surface area is 84.9 Å². The summed E-state index contributed by atoms with van der Waals surface area (Å²) in [7, 11) is -3.06. The van der Waals surface area contributed by atoms with Gasteiger partial charge >= 0.3 is 0 Å². The Bertz CT molecular complexity index is 484. The number of sulfone groups is 1. The number of rotatable bonds is 0. The van der Waals surface area contributed by atoms with Crippen molar-refractivity contribution in [2.45, 2.75) is 31.1 Å². The van der Waals surface area contributed by atoms with Gasteiger partial charge in [0.15, 0.2) is 9.84 Å². The quantitative estimate of drug-likeness (QED) is 0.653. The maximum Gasteiger partial charge on any atom is 0.179 e. The summed E-state index contributed by atoms with van der Waals surface area (Å²) in [5.41, 5.74) is 1.63. The Hall–Kier alpha value is -0.830.